The normalized spacial score (nSPS) is 10.9. The van der Waals surface area contributed by atoms with Gasteiger partial charge < -0.3 is 9.64 Å². The molecule has 37 heavy (non-hydrogen) atoms. The predicted molar refractivity (Wildman–Crippen MR) is 151 cm³/mol. The Morgan fingerprint density at radius 3 is 2.41 bits per heavy atom. The van der Waals surface area contributed by atoms with Crippen LogP contribution >= 0.6 is 22.9 Å². The molecule has 190 valence electrons. The number of anilines is 1. The van der Waals surface area contributed by atoms with Crippen LogP contribution in [0.4, 0.5) is 5.13 Å². The van der Waals surface area contributed by atoms with Gasteiger partial charge in [0.1, 0.15) is 11.5 Å². The first kappa shape index (κ1) is 26.6. The van der Waals surface area contributed by atoms with Gasteiger partial charge in [0.2, 0.25) is 0 Å². The molecule has 7 heteroatoms. The molecular formula is C30H29ClN2O3S. The van der Waals surface area contributed by atoms with E-state index in [1.807, 2.05) is 78.9 Å². The molecule has 0 saturated heterocycles. The number of ether oxygens (including phenoxy) is 1. The first-order chi connectivity index (χ1) is 17.9. The van der Waals surface area contributed by atoms with Crippen molar-refractivity contribution >= 4 is 40.1 Å². The second-order valence-electron chi connectivity index (χ2n) is 9.17. The summed E-state index contributed by atoms with van der Waals surface area (Å²) in [4.78, 5) is 31.0. The molecule has 0 bridgehead atoms. The molecule has 0 N–H and O–H groups in total. The number of ketones is 1. The molecule has 5 nitrogen and oxygen atoms in total. The van der Waals surface area contributed by atoms with Gasteiger partial charge >= 0.3 is 0 Å². The number of benzene rings is 3. The van der Waals surface area contributed by atoms with Gasteiger partial charge in [0.25, 0.3) is 0 Å². The van der Waals surface area contributed by atoms with Crippen molar-refractivity contribution in [3.05, 3.63) is 94.3 Å². The Balaban J connectivity index is 1.67. The highest BCUT2D eigenvalue weighted by Crippen LogP contribution is 2.39. The minimum atomic E-state index is -0.418. The summed E-state index contributed by atoms with van der Waals surface area (Å²) in [5.41, 5.74) is 2.89. The van der Waals surface area contributed by atoms with Crippen molar-refractivity contribution in [1.82, 2.24) is 4.98 Å². The van der Waals surface area contributed by atoms with Crippen LogP contribution in [0.5, 0.6) is 11.5 Å². The number of thiazole rings is 1. The molecule has 3 aromatic carbocycles. The lowest BCUT2D eigenvalue weighted by Crippen LogP contribution is -2.25. The minimum absolute atomic E-state index is 0.141. The molecule has 0 atom stereocenters. The highest BCUT2D eigenvalue weighted by atomic mass is 35.5. The average molecular weight is 533 g/mol. The number of rotatable bonds is 12. The van der Waals surface area contributed by atoms with Gasteiger partial charge in [-0.15, -0.1) is 11.3 Å². The largest absolute Gasteiger partial charge is 0.456 e. The zero-order valence-corrected chi connectivity index (χ0v) is 22.5. The van der Waals surface area contributed by atoms with Crippen LogP contribution in [-0.2, 0) is 22.6 Å². The average Bonchev–Trinajstić information content (AvgIpc) is 3.31. The van der Waals surface area contributed by atoms with Crippen LogP contribution in [0.25, 0.3) is 11.3 Å². The van der Waals surface area contributed by atoms with Crippen LogP contribution in [0.15, 0.2) is 78.9 Å². The van der Waals surface area contributed by atoms with E-state index in [9.17, 15) is 9.59 Å². The van der Waals surface area contributed by atoms with Gasteiger partial charge in [0.05, 0.1) is 10.7 Å². The Morgan fingerprint density at radius 1 is 1.05 bits per heavy atom. The summed E-state index contributed by atoms with van der Waals surface area (Å²) >= 11 is 8.26. The first-order valence-electron chi connectivity index (χ1n) is 12.2. The predicted octanol–water partition coefficient (Wildman–Crippen LogP) is 7.62. The summed E-state index contributed by atoms with van der Waals surface area (Å²) in [5, 5.41) is 1.32. The summed E-state index contributed by atoms with van der Waals surface area (Å²) in [6.07, 6.45) is 1.39. The third-order valence-corrected chi connectivity index (χ3v) is 7.14. The van der Waals surface area contributed by atoms with Crippen LogP contribution in [-0.4, -0.2) is 23.6 Å². The van der Waals surface area contributed by atoms with E-state index in [2.05, 4.69) is 18.7 Å². The molecule has 0 aliphatic heterocycles. The van der Waals surface area contributed by atoms with Crippen molar-refractivity contribution in [2.45, 2.75) is 33.2 Å². The van der Waals surface area contributed by atoms with Crippen molar-refractivity contribution in [2.24, 2.45) is 5.92 Å². The molecule has 0 aliphatic carbocycles. The van der Waals surface area contributed by atoms with Crippen LogP contribution in [0, 0.1) is 5.92 Å². The number of carbonyl (C=O) groups excluding carboxylic acids is 2. The van der Waals surface area contributed by atoms with Gasteiger partial charge in [-0.25, -0.2) is 4.98 Å². The van der Waals surface area contributed by atoms with E-state index in [0.717, 1.165) is 39.0 Å². The van der Waals surface area contributed by atoms with E-state index in [1.54, 1.807) is 11.3 Å². The first-order valence-corrected chi connectivity index (χ1v) is 13.4. The standard InChI is InChI=1S/C30H29ClN2O3S/c1-21(2)17-28-29(23-13-14-27(26(31)18-23)36-25-11-7-4-8-12-25)32-30(37-28)33(16-15-24(35)20-34)19-22-9-5-3-6-10-22/h3-14,18,20-21H,15-17,19H2,1-2H3. The number of nitrogens with zero attached hydrogens (tertiary/aromatic N) is 2. The van der Waals surface area contributed by atoms with Crippen molar-refractivity contribution in [2.75, 3.05) is 11.4 Å². The highest BCUT2D eigenvalue weighted by Gasteiger charge is 2.20. The fourth-order valence-electron chi connectivity index (χ4n) is 3.91. The smallest absolute Gasteiger partial charge is 0.196 e. The van der Waals surface area contributed by atoms with Crippen molar-refractivity contribution < 1.29 is 14.3 Å². The number of halogens is 1. The van der Waals surface area contributed by atoms with Gasteiger partial charge in [-0.1, -0.05) is 74.0 Å². The highest BCUT2D eigenvalue weighted by molar-refractivity contribution is 7.16. The maximum Gasteiger partial charge on any atom is 0.196 e. The fraction of sp³-hybridized carbons (Fsp3) is 0.233. The van der Waals surface area contributed by atoms with Gasteiger partial charge in [0, 0.05) is 30.0 Å². The summed E-state index contributed by atoms with van der Waals surface area (Å²) in [7, 11) is 0. The molecule has 0 amide bonds. The Kier molecular flexibility index (Phi) is 9.09. The number of carbonyl (C=O) groups is 2. The number of hydrogen-bond acceptors (Lipinski definition) is 6. The van der Waals surface area contributed by atoms with Gasteiger partial charge in [-0.05, 0) is 48.2 Å². The van der Waals surface area contributed by atoms with E-state index in [1.165, 1.54) is 0 Å². The van der Waals surface area contributed by atoms with Crippen molar-refractivity contribution in [3.63, 3.8) is 0 Å². The number of hydrogen-bond donors (Lipinski definition) is 0. The molecule has 0 radical (unpaired) electrons. The summed E-state index contributed by atoms with van der Waals surface area (Å²) in [6, 6.07) is 25.3. The van der Waals surface area contributed by atoms with Gasteiger partial charge in [-0.2, -0.15) is 0 Å². The molecule has 4 aromatic rings. The minimum Gasteiger partial charge on any atom is -0.456 e. The Bertz CT molecular complexity index is 1340. The van der Waals surface area contributed by atoms with Crippen LogP contribution in [0.3, 0.4) is 0 Å². The van der Waals surface area contributed by atoms with Gasteiger partial charge in [0.15, 0.2) is 17.2 Å². The Labute approximate surface area is 226 Å². The van der Waals surface area contributed by atoms with E-state index >= 15 is 0 Å². The number of para-hydroxylation sites is 1. The summed E-state index contributed by atoms with van der Waals surface area (Å²) in [6.45, 7) is 5.35. The number of aromatic nitrogens is 1. The second kappa shape index (κ2) is 12.7. The van der Waals surface area contributed by atoms with Gasteiger partial charge in [-0.3, -0.25) is 9.59 Å². The van der Waals surface area contributed by atoms with E-state index in [4.69, 9.17) is 21.3 Å². The van der Waals surface area contributed by atoms with Crippen molar-refractivity contribution in [3.8, 4) is 22.8 Å². The molecule has 0 aliphatic rings. The third-order valence-electron chi connectivity index (χ3n) is 5.70. The summed E-state index contributed by atoms with van der Waals surface area (Å²) in [5.74, 6) is 1.31. The topological polar surface area (TPSA) is 59.5 Å². The SMILES string of the molecule is CC(C)Cc1sc(N(CCC(=O)C=O)Cc2ccccc2)nc1-c1ccc(Oc2ccccc2)c(Cl)c1. The molecule has 4 rings (SSSR count). The molecule has 0 unspecified atom stereocenters. The lowest BCUT2D eigenvalue weighted by atomic mass is 10.0. The third kappa shape index (κ3) is 7.28. The lowest BCUT2D eigenvalue weighted by molar-refractivity contribution is -0.129. The maximum absolute atomic E-state index is 11.8. The molecule has 0 spiro atoms. The molecule has 0 saturated carbocycles. The molecule has 1 aromatic heterocycles. The zero-order valence-electron chi connectivity index (χ0n) is 20.9. The van der Waals surface area contributed by atoms with Crippen molar-refractivity contribution in [1.29, 1.82) is 0 Å². The number of Topliss-reactive ketones (excluding diaryl/α,β-unsaturated/α-hetero) is 1. The monoisotopic (exact) mass is 532 g/mol. The Morgan fingerprint density at radius 2 is 1.76 bits per heavy atom. The lowest BCUT2D eigenvalue weighted by Gasteiger charge is -2.21. The summed E-state index contributed by atoms with van der Waals surface area (Å²) < 4.78 is 5.95. The molecule has 0 fully saturated rings. The fourth-order valence-corrected chi connectivity index (χ4v) is 5.44. The van der Waals surface area contributed by atoms with E-state index < -0.39 is 5.78 Å². The van der Waals surface area contributed by atoms with Crippen LogP contribution < -0.4 is 9.64 Å². The zero-order chi connectivity index (χ0) is 26.2. The van der Waals surface area contributed by atoms with E-state index in [0.29, 0.717) is 36.1 Å². The molecular weight excluding hydrogens is 504 g/mol. The van der Waals surface area contributed by atoms with Crippen LogP contribution in [0.2, 0.25) is 5.02 Å². The second-order valence-corrected chi connectivity index (χ2v) is 10.6. The Hall–Kier alpha value is -3.48. The quantitative estimate of drug-likeness (QED) is 0.139. The van der Waals surface area contributed by atoms with Crippen LogP contribution in [0.1, 0.15) is 30.7 Å². The molecule has 1 heterocycles. The van der Waals surface area contributed by atoms with E-state index in [-0.39, 0.29) is 6.42 Å². The maximum atomic E-state index is 11.8. The number of aldehydes is 1.